The van der Waals surface area contributed by atoms with Gasteiger partial charge in [-0.15, -0.1) is 0 Å². The van der Waals surface area contributed by atoms with Crippen LogP contribution in [0.1, 0.15) is 22.4 Å². The van der Waals surface area contributed by atoms with E-state index in [0.717, 1.165) is 41.5 Å². The predicted octanol–water partition coefficient (Wildman–Crippen LogP) is 4.81. The summed E-state index contributed by atoms with van der Waals surface area (Å²) < 4.78 is 5.40. The maximum Gasteiger partial charge on any atom is 0.224 e. The molecule has 0 fully saturated rings. The van der Waals surface area contributed by atoms with Crippen LogP contribution >= 0.6 is 0 Å². The van der Waals surface area contributed by atoms with E-state index in [2.05, 4.69) is 58.7 Å². The van der Waals surface area contributed by atoms with Crippen molar-refractivity contribution >= 4 is 17.5 Å². The third-order valence-corrected chi connectivity index (χ3v) is 4.22. The molecule has 1 aromatic heterocycles. The molecule has 5 nitrogen and oxygen atoms in total. The van der Waals surface area contributed by atoms with Crippen molar-refractivity contribution < 1.29 is 4.74 Å². The van der Waals surface area contributed by atoms with Gasteiger partial charge in [-0.25, -0.2) is 4.98 Å². The number of anilines is 3. The molecule has 140 valence electrons. The van der Waals surface area contributed by atoms with Crippen LogP contribution in [0, 0.1) is 20.8 Å². The molecule has 0 bridgehead atoms. The van der Waals surface area contributed by atoms with E-state index in [1.807, 2.05) is 31.2 Å². The quantitative estimate of drug-likeness (QED) is 0.632. The minimum atomic E-state index is 0.622. The summed E-state index contributed by atoms with van der Waals surface area (Å²) in [5.41, 5.74) is 5.55. The molecule has 0 aliphatic heterocycles. The zero-order valence-corrected chi connectivity index (χ0v) is 16.3. The van der Waals surface area contributed by atoms with Gasteiger partial charge in [0.05, 0.1) is 7.11 Å². The van der Waals surface area contributed by atoms with Crippen molar-refractivity contribution in [3.63, 3.8) is 0 Å². The molecule has 0 unspecified atom stereocenters. The van der Waals surface area contributed by atoms with Crippen LogP contribution in [-0.4, -0.2) is 23.6 Å². The summed E-state index contributed by atoms with van der Waals surface area (Å²) in [5, 5.41) is 6.70. The highest BCUT2D eigenvalue weighted by Crippen LogP contribution is 2.20. The van der Waals surface area contributed by atoms with Crippen molar-refractivity contribution in [1.82, 2.24) is 9.97 Å². The van der Waals surface area contributed by atoms with E-state index in [1.165, 1.54) is 11.1 Å². The molecule has 2 aromatic carbocycles. The monoisotopic (exact) mass is 362 g/mol. The van der Waals surface area contributed by atoms with Crippen LogP contribution in [0.2, 0.25) is 0 Å². The fourth-order valence-electron chi connectivity index (χ4n) is 3.12. The molecule has 0 aliphatic rings. The summed E-state index contributed by atoms with van der Waals surface area (Å²) in [4.78, 5) is 9.09. The number of rotatable bonds is 7. The van der Waals surface area contributed by atoms with E-state index in [0.29, 0.717) is 5.95 Å². The van der Waals surface area contributed by atoms with E-state index in [9.17, 15) is 0 Å². The normalized spacial score (nSPS) is 10.5. The maximum absolute atomic E-state index is 5.40. The number of ether oxygens (including phenoxy) is 1. The molecule has 3 aromatic rings. The smallest absolute Gasteiger partial charge is 0.224 e. The van der Waals surface area contributed by atoms with E-state index in [1.54, 1.807) is 7.11 Å². The van der Waals surface area contributed by atoms with Crippen LogP contribution in [0.3, 0.4) is 0 Å². The van der Waals surface area contributed by atoms with Crippen LogP contribution in [0.4, 0.5) is 17.5 Å². The molecular formula is C22H26N4O. The summed E-state index contributed by atoms with van der Waals surface area (Å²) in [6, 6.07) is 16.4. The van der Waals surface area contributed by atoms with Gasteiger partial charge in [0.1, 0.15) is 11.6 Å². The predicted molar refractivity (Wildman–Crippen MR) is 111 cm³/mol. The molecule has 27 heavy (non-hydrogen) atoms. The lowest BCUT2D eigenvalue weighted by atomic mass is 10.1. The van der Waals surface area contributed by atoms with E-state index < -0.39 is 0 Å². The molecule has 0 amide bonds. The fraction of sp³-hybridized carbons (Fsp3) is 0.273. The lowest BCUT2D eigenvalue weighted by Gasteiger charge is -2.12. The number of hydrogen-bond acceptors (Lipinski definition) is 5. The van der Waals surface area contributed by atoms with Crippen LogP contribution in [-0.2, 0) is 6.42 Å². The van der Waals surface area contributed by atoms with Crippen molar-refractivity contribution in [1.29, 1.82) is 0 Å². The number of hydrogen-bond donors (Lipinski definition) is 2. The Labute approximate surface area is 160 Å². The number of methoxy groups -OCH3 is 1. The van der Waals surface area contributed by atoms with Crippen LogP contribution in [0.25, 0.3) is 0 Å². The molecule has 0 atom stereocenters. The standard InChI is InChI=1S/C22H26N4O/c1-15-11-16(2)13-19(12-15)25-21-14-17(3)24-22(26-21)23-10-9-18-7-5-6-8-20(18)27-4/h5-8,11-14H,9-10H2,1-4H3,(H2,23,24,25,26). The van der Waals surface area contributed by atoms with Gasteiger partial charge < -0.3 is 15.4 Å². The summed E-state index contributed by atoms with van der Waals surface area (Å²) in [6.45, 7) is 6.88. The Kier molecular flexibility index (Phi) is 5.91. The van der Waals surface area contributed by atoms with E-state index in [-0.39, 0.29) is 0 Å². The molecule has 1 heterocycles. The SMILES string of the molecule is COc1ccccc1CCNc1nc(C)cc(Nc2cc(C)cc(C)c2)n1. The average molecular weight is 362 g/mol. The zero-order chi connectivity index (χ0) is 19.2. The molecular weight excluding hydrogens is 336 g/mol. The third-order valence-electron chi connectivity index (χ3n) is 4.22. The Bertz CT molecular complexity index is 904. The average Bonchev–Trinajstić information content (AvgIpc) is 2.61. The molecule has 0 radical (unpaired) electrons. The largest absolute Gasteiger partial charge is 0.496 e. The van der Waals surface area contributed by atoms with Gasteiger partial charge in [0, 0.05) is 24.0 Å². The Hall–Kier alpha value is -3.08. The summed E-state index contributed by atoms with van der Waals surface area (Å²) >= 11 is 0. The highest BCUT2D eigenvalue weighted by atomic mass is 16.5. The van der Waals surface area contributed by atoms with Crippen molar-refractivity contribution in [2.24, 2.45) is 0 Å². The molecule has 0 aliphatic carbocycles. The Morgan fingerprint density at radius 1 is 0.926 bits per heavy atom. The van der Waals surface area contributed by atoms with Gasteiger partial charge in [-0.05, 0) is 62.1 Å². The molecule has 3 rings (SSSR count). The van der Waals surface area contributed by atoms with E-state index >= 15 is 0 Å². The van der Waals surface area contributed by atoms with Gasteiger partial charge >= 0.3 is 0 Å². The summed E-state index contributed by atoms with van der Waals surface area (Å²) in [6.07, 6.45) is 0.834. The number of aromatic nitrogens is 2. The first-order chi connectivity index (χ1) is 13.0. The van der Waals surface area contributed by atoms with Crippen molar-refractivity contribution in [2.75, 3.05) is 24.3 Å². The molecule has 5 heteroatoms. The maximum atomic E-state index is 5.40. The van der Waals surface area contributed by atoms with E-state index in [4.69, 9.17) is 4.74 Å². The highest BCUT2D eigenvalue weighted by Gasteiger charge is 2.05. The van der Waals surface area contributed by atoms with Gasteiger partial charge in [0.15, 0.2) is 0 Å². The van der Waals surface area contributed by atoms with Gasteiger partial charge in [-0.1, -0.05) is 24.3 Å². The first kappa shape index (κ1) is 18.7. The second-order valence-electron chi connectivity index (χ2n) is 6.71. The number of aryl methyl sites for hydroxylation is 3. The molecule has 0 saturated carbocycles. The van der Waals surface area contributed by atoms with Gasteiger partial charge in [0.2, 0.25) is 5.95 Å². The molecule has 0 saturated heterocycles. The molecule has 2 N–H and O–H groups in total. The lowest BCUT2D eigenvalue weighted by molar-refractivity contribution is 0.410. The van der Waals surface area contributed by atoms with Crippen molar-refractivity contribution in [3.8, 4) is 5.75 Å². The molecule has 0 spiro atoms. The van der Waals surface area contributed by atoms with Crippen molar-refractivity contribution in [2.45, 2.75) is 27.2 Å². The Morgan fingerprint density at radius 2 is 1.67 bits per heavy atom. The topological polar surface area (TPSA) is 59.1 Å². The number of para-hydroxylation sites is 1. The number of benzene rings is 2. The van der Waals surface area contributed by atoms with Crippen molar-refractivity contribution in [3.05, 3.63) is 70.9 Å². The van der Waals surface area contributed by atoms with Crippen LogP contribution < -0.4 is 15.4 Å². The summed E-state index contributed by atoms with van der Waals surface area (Å²) in [5.74, 6) is 2.31. The highest BCUT2D eigenvalue weighted by molar-refractivity contribution is 5.59. The third kappa shape index (κ3) is 5.20. The lowest BCUT2D eigenvalue weighted by Crippen LogP contribution is -2.10. The zero-order valence-electron chi connectivity index (χ0n) is 16.3. The first-order valence-corrected chi connectivity index (χ1v) is 9.10. The minimum Gasteiger partial charge on any atom is -0.496 e. The van der Waals surface area contributed by atoms with Crippen LogP contribution in [0.5, 0.6) is 5.75 Å². The van der Waals surface area contributed by atoms with Crippen LogP contribution in [0.15, 0.2) is 48.5 Å². The number of nitrogens with one attached hydrogen (secondary N) is 2. The minimum absolute atomic E-state index is 0.622. The second kappa shape index (κ2) is 8.54. The summed E-state index contributed by atoms with van der Waals surface area (Å²) in [7, 11) is 1.70. The van der Waals surface area contributed by atoms with Gasteiger partial charge in [-0.2, -0.15) is 4.98 Å². The fourth-order valence-corrected chi connectivity index (χ4v) is 3.12. The number of nitrogens with zero attached hydrogens (tertiary/aromatic N) is 2. The second-order valence-corrected chi connectivity index (χ2v) is 6.71. The first-order valence-electron chi connectivity index (χ1n) is 9.10. The van der Waals surface area contributed by atoms with Gasteiger partial charge in [0.25, 0.3) is 0 Å². The Balaban J connectivity index is 1.68. The Morgan fingerprint density at radius 3 is 2.41 bits per heavy atom. The van der Waals surface area contributed by atoms with Gasteiger partial charge in [-0.3, -0.25) is 0 Å².